The first-order valence-electron chi connectivity index (χ1n) is 5.93. The quantitative estimate of drug-likeness (QED) is 0.764. The van der Waals surface area contributed by atoms with E-state index in [0.717, 1.165) is 16.2 Å². The largest absolute Gasteiger partial charge is 0.469 e. The molecule has 1 saturated heterocycles. The van der Waals surface area contributed by atoms with E-state index in [2.05, 4.69) is 10.3 Å². The highest BCUT2D eigenvalue weighted by atomic mass is 32.2. The van der Waals surface area contributed by atoms with Crippen LogP contribution in [0.1, 0.15) is 16.6 Å². The Balaban J connectivity index is 1.94. The first kappa shape index (κ1) is 12.0. The van der Waals surface area contributed by atoms with Crippen molar-refractivity contribution >= 4 is 34.9 Å². The standard InChI is InChI=1S/C12H8N2O4S2/c15-9-6-5(4-2-1-3-18-4)8-11(14-12(17)20-8)19-7(6)10(16)13-9/h1-3,5-7H,(H,14,17)(H,13,15,16)/t5-,6-,7-/m0/s1. The van der Waals surface area contributed by atoms with E-state index in [9.17, 15) is 14.4 Å². The summed E-state index contributed by atoms with van der Waals surface area (Å²) >= 11 is 2.31. The number of furan rings is 1. The third-order valence-electron chi connectivity index (χ3n) is 3.51. The van der Waals surface area contributed by atoms with Gasteiger partial charge in [0.1, 0.15) is 11.0 Å². The Bertz CT molecular complexity index is 761. The lowest BCUT2D eigenvalue weighted by Gasteiger charge is -2.27. The van der Waals surface area contributed by atoms with Crippen molar-refractivity contribution in [3.05, 3.63) is 38.7 Å². The highest BCUT2D eigenvalue weighted by molar-refractivity contribution is 8.00. The molecule has 0 bridgehead atoms. The SMILES string of the molecule is O=C1NC(=O)[C@H]2Sc3[nH]c(=O)sc3[C@@H](c3ccco3)[C@H]12. The summed E-state index contributed by atoms with van der Waals surface area (Å²) in [7, 11) is 0. The van der Waals surface area contributed by atoms with Crippen molar-refractivity contribution in [2.45, 2.75) is 16.2 Å². The van der Waals surface area contributed by atoms with Crippen molar-refractivity contribution in [3.63, 3.8) is 0 Å². The summed E-state index contributed by atoms with van der Waals surface area (Å²) in [5, 5.41) is 2.50. The summed E-state index contributed by atoms with van der Waals surface area (Å²) in [5.41, 5.74) is 0. The number of carbonyl (C=O) groups excluding carboxylic acids is 2. The number of hydrogen-bond donors (Lipinski definition) is 2. The van der Waals surface area contributed by atoms with E-state index in [1.807, 2.05) is 0 Å². The lowest BCUT2D eigenvalue weighted by Crippen LogP contribution is -2.30. The van der Waals surface area contributed by atoms with Gasteiger partial charge in [-0.15, -0.1) is 0 Å². The minimum absolute atomic E-state index is 0.188. The number of imide groups is 1. The number of carbonyl (C=O) groups is 2. The second-order valence-electron chi connectivity index (χ2n) is 4.62. The topological polar surface area (TPSA) is 92.2 Å². The van der Waals surface area contributed by atoms with Gasteiger partial charge in [0.15, 0.2) is 0 Å². The summed E-state index contributed by atoms with van der Waals surface area (Å²) in [6, 6.07) is 3.50. The molecule has 6 nitrogen and oxygen atoms in total. The molecule has 2 N–H and O–H groups in total. The van der Waals surface area contributed by atoms with Gasteiger partial charge in [0.2, 0.25) is 11.8 Å². The Kier molecular flexibility index (Phi) is 2.45. The molecule has 2 amide bonds. The molecule has 0 radical (unpaired) electrons. The van der Waals surface area contributed by atoms with E-state index in [1.165, 1.54) is 18.0 Å². The second-order valence-corrected chi connectivity index (χ2v) is 6.79. The maximum atomic E-state index is 12.1. The van der Waals surface area contributed by atoms with E-state index in [1.54, 1.807) is 12.1 Å². The van der Waals surface area contributed by atoms with Crippen LogP contribution in [0.25, 0.3) is 0 Å². The van der Waals surface area contributed by atoms with Crippen molar-refractivity contribution in [2.75, 3.05) is 0 Å². The Labute approximate surface area is 120 Å². The number of fused-ring (bicyclic) bond motifs is 2. The molecule has 2 aromatic rings. The average molecular weight is 308 g/mol. The lowest BCUT2D eigenvalue weighted by molar-refractivity contribution is -0.125. The average Bonchev–Trinajstić information content (AvgIpc) is 3.08. The summed E-state index contributed by atoms with van der Waals surface area (Å²) in [4.78, 5) is 38.8. The fraction of sp³-hybridized carbons (Fsp3) is 0.250. The molecule has 0 spiro atoms. The molecule has 1 fully saturated rings. The minimum atomic E-state index is -0.530. The van der Waals surface area contributed by atoms with Crippen molar-refractivity contribution in [2.24, 2.45) is 5.92 Å². The predicted molar refractivity (Wildman–Crippen MR) is 71.8 cm³/mol. The van der Waals surface area contributed by atoms with Crippen molar-refractivity contribution < 1.29 is 14.0 Å². The number of aromatic amines is 1. The van der Waals surface area contributed by atoms with Gasteiger partial charge in [0.05, 0.1) is 28.0 Å². The molecule has 8 heteroatoms. The molecule has 0 unspecified atom stereocenters. The van der Waals surface area contributed by atoms with Crippen LogP contribution < -0.4 is 10.2 Å². The normalized spacial score (nSPS) is 28.1. The first-order valence-corrected chi connectivity index (χ1v) is 7.62. The first-order chi connectivity index (χ1) is 9.65. The Morgan fingerprint density at radius 1 is 1.20 bits per heavy atom. The molecule has 3 atom stereocenters. The molecule has 2 aliphatic heterocycles. The molecular weight excluding hydrogens is 300 g/mol. The van der Waals surface area contributed by atoms with Crippen LogP contribution in [0.2, 0.25) is 0 Å². The van der Waals surface area contributed by atoms with Crippen LogP contribution in [0, 0.1) is 5.92 Å². The van der Waals surface area contributed by atoms with Gasteiger partial charge in [-0.1, -0.05) is 23.1 Å². The molecule has 20 heavy (non-hydrogen) atoms. The molecular formula is C12H8N2O4S2. The summed E-state index contributed by atoms with van der Waals surface area (Å²) in [6.07, 6.45) is 1.52. The highest BCUT2D eigenvalue weighted by Gasteiger charge is 2.53. The smallest absolute Gasteiger partial charge is 0.305 e. The van der Waals surface area contributed by atoms with Crippen LogP contribution in [0.4, 0.5) is 0 Å². The van der Waals surface area contributed by atoms with Gasteiger partial charge in [-0.3, -0.25) is 19.7 Å². The molecule has 0 aromatic carbocycles. The Morgan fingerprint density at radius 3 is 2.80 bits per heavy atom. The van der Waals surface area contributed by atoms with Gasteiger partial charge in [0, 0.05) is 0 Å². The molecule has 0 saturated carbocycles. The van der Waals surface area contributed by atoms with E-state index in [0.29, 0.717) is 10.8 Å². The molecule has 2 aromatic heterocycles. The van der Waals surface area contributed by atoms with Gasteiger partial charge in [0.25, 0.3) is 0 Å². The monoisotopic (exact) mass is 308 g/mol. The van der Waals surface area contributed by atoms with E-state index >= 15 is 0 Å². The van der Waals surface area contributed by atoms with Gasteiger partial charge in [-0.05, 0) is 12.1 Å². The van der Waals surface area contributed by atoms with E-state index in [4.69, 9.17) is 4.42 Å². The highest BCUT2D eigenvalue weighted by Crippen LogP contribution is 2.50. The molecule has 2 aliphatic rings. The molecule has 0 aliphatic carbocycles. The minimum Gasteiger partial charge on any atom is -0.469 e. The van der Waals surface area contributed by atoms with E-state index in [-0.39, 0.29) is 22.6 Å². The van der Waals surface area contributed by atoms with Crippen molar-refractivity contribution in [1.29, 1.82) is 0 Å². The summed E-state index contributed by atoms with van der Waals surface area (Å²) in [6.45, 7) is 0. The van der Waals surface area contributed by atoms with Gasteiger partial charge < -0.3 is 9.40 Å². The summed E-state index contributed by atoms with van der Waals surface area (Å²) in [5.74, 6) is -0.930. The predicted octanol–water partition coefficient (Wildman–Crippen LogP) is 0.908. The van der Waals surface area contributed by atoms with Gasteiger partial charge >= 0.3 is 4.87 Å². The zero-order valence-electron chi connectivity index (χ0n) is 9.91. The number of thiazole rings is 1. The number of thioether (sulfide) groups is 1. The number of hydrogen-bond acceptors (Lipinski definition) is 6. The Hall–Kier alpha value is -1.80. The zero-order valence-corrected chi connectivity index (χ0v) is 11.5. The van der Waals surface area contributed by atoms with E-state index < -0.39 is 11.2 Å². The summed E-state index contributed by atoms with van der Waals surface area (Å²) < 4.78 is 5.42. The maximum Gasteiger partial charge on any atom is 0.305 e. The lowest BCUT2D eigenvalue weighted by atomic mass is 9.87. The number of H-pyrrole nitrogens is 1. The zero-order chi connectivity index (χ0) is 13.9. The number of amides is 2. The van der Waals surface area contributed by atoms with Crippen LogP contribution in [-0.2, 0) is 9.59 Å². The second kappa shape index (κ2) is 4.10. The third kappa shape index (κ3) is 1.55. The van der Waals surface area contributed by atoms with Gasteiger partial charge in [-0.25, -0.2) is 0 Å². The van der Waals surface area contributed by atoms with Crippen LogP contribution in [0.15, 0.2) is 32.6 Å². The van der Waals surface area contributed by atoms with Crippen molar-refractivity contribution in [3.8, 4) is 0 Å². The Morgan fingerprint density at radius 2 is 2.05 bits per heavy atom. The van der Waals surface area contributed by atoms with Crippen LogP contribution in [0.3, 0.4) is 0 Å². The van der Waals surface area contributed by atoms with Crippen LogP contribution >= 0.6 is 23.1 Å². The maximum absolute atomic E-state index is 12.1. The fourth-order valence-electron chi connectivity index (χ4n) is 2.71. The van der Waals surface area contributed by atoms with Gasteiger partial charge in [-0.2, -0.15) is 0 Å². The van der Waals surface area contributed by atoms with Crippen LogP contribution in [-0.4, -0.2) is 22.0 Å². The fourth-order valence-corrected chi connectivity index (χ4v) is 5.17. The number of aromatic nitrogens is 1. The number of rotatable bonds is 1. The number of nitrogens with one attached hydrogen (secondary N) is 2. The molecule has 102 valence electrons. The van der Waals surface area contributed by atoms with Crippen molar-refractivity contribution in [1.82, 2.24) is 10.3 Å². The molecule has 4 heterocycles. The molecule has 4 rings (SSSR count). The third-order valence-corrected chi connectivity index (χ3v) is 5.93. The van der Waals surface area contributed by atoms with Crippen LogP contribution in [0.5, 0.6) is 0 Å².